The van der Waals surface area contributed by atoms with E-state index in [1.807, 2.05) is 19.9 Å². The molecular formula is C6H10N2S. The van der Waals surface area contributed by atoms with Crippen LogP contribution >= 0.6 is 11.8 Å². The Morgan fingerprint density at radius 3 is 2.67 bits per heavy atom. The molecule has 2 N–H and O–H groups in total. The van der Waals surface area contributed by atoms with Gasteiger partial charge in [0.2, 0.25) is 0 Å². The van der Waals surface area contributed by atoms with Crippen LogP contribution in [0.2, 0.25) is 0 Å². The lowest BCUT2D eigenvalue weighted by molar-refractivity contribution is 0.658. The molecule has 0 aliphatic carbocycles. The summed E-state index contributed by atoms with van der Waals surface area (Å²) >= 11 is 1.47. The van der Waals surface area contributed by atoms with Gasteiger partial charge < -0.3 is 5.73 Å². The number of nitrogens with zero attached hydrogens (tertiary/aromatic N) is 1. The Kier molecular flexibility index (Phi) is 1.53. The van der Waals surface area contributed by atoms with Gasteiger partial charge in [0.1, 0.15) is 0 Å². The van der Waals surface area contributed by atoms with Crippen molar-refractivity contribution in [1.29, 1.82) is 0 Å². The summed E-state index contributed by atoms with van der Waals surface area (Å²) in [4.78, 5) is 4.19. The van der Waals surface area contributed by atoms with Crippen LogP contribution in [0.4, 0.5) is 0 Å². The van der Waals surface area contributed by atoms with Crippen LogP contribution in [-0.2, 0) is 0 Å². The van der Waals surface area contributed by atoms with Crippen molar-refractivity contribution >= 4 is 17.3 Å². The summed E-state index contributed by atoms with van der Waals surface area (Å²) in [6, 6.07) is 0. The van der Waals surface area contributed by atoms with Crippen LogP contribution in [0.5, 0.6) is 0 Å². The molecule has 1 rings (SSSR count). The molecule has 1 aliphatic rings. The minimum Gasteiger partial charge on any atom is -0.393 e. The van der Waals surface area contributed by atoms with Gasteiger partial charge in [-0.1, -0.05) is 11.8 Å². The van der Waals surface area contributed by atoms with Crippen molar-refractivity contribution in [3.8, 4) is 0 Å². The number of aliphatic imine (C=N–C) groups is 1. The van der Waals surface area contributed by atoms with Crippen molar-refractivity contribution in [2.45, 2.75) is 19.4 Å². The summed E-state index contributed by atoms with van der Waals surface area (Å²) in [5, 5.41) is 0.843. The molecule has 0 amide bonds. The molecule has 3 heteroatoms. The average Bonchev–Trinajstić information content (AvgIpc) is 1.60. The summed E-state index contributed by atoms with van der Waals surface area (Å²) in [6.45, 7) is 4.05. The van der Waals surface area contributed by atoms with Gasteiger partial charge in [-0.2, -0.15) is 0 Å². The monoisotopic (exact) mass is 142 g/mol. The molecule has 0 aromatic heterocycles. The minimum atomic E-state index is -0.0880. The first-order valence-electron chi connectivity index (χ1n) is 2.79. The summed E-state index contributed by atoms with van der Waals surface area (Å²) in [5.41, 5.74) is 7.24. The molecule has 9 heavy (non-hydrogen) atoms. The smallest absolute Gasteiger partial charge is 0.0765 e. The van der Waals surface area contributed by atoms with E-state index >= 15 is 0 Å². The third kappa shape index (κ3) is 1.75. The van der Waals surface area contributed by atoms with E-state index in [9.17, 15) is 0 Å². The van der Waals surface area contributed by atoms with Gasteiger partial charge in [-0.3, -0.25) is 4.99 Å². The van der Waals surface area contributed by atoms with Gasteiger partial charge in [-0.05, 0) is 19.9 Å². The molecule has 0 unspecified atom stereocenters. The Balaban J connectivity index is 2.78. The molecule has 0 aromatic carbocycles. The predicted molar refractivity (Wildman–Crippen MR) is 42.4 cm³/mol. The van der Waals surface area contributed by atoms with Gasteiger partial charge in [0, 0.05) is 0 Å². The maximum Gasteiger partial charge on any atom is 0.0765 e. The van der Waals surface area contributed by atoms with E-state index in [4.69, 9.17) is 5.73 Å². The van der Waals surface area contributed by atoms with E-state index in [1.165, 1.54) is 11.8 Å². The van der Waals surface area contributed by atoms with Gasteiger partial charge in [-0.25, -0.2) is 0 Å². The maximum atomic E-state index is 5.54. The van der Waals surface area contributed by atoms with E-state index in [2.05, 4.69) is 4.99 Å². The van der Waals surface area contributed by atoms with E-state index in [0.717, 1.165) is 5.03 Å². The lowest BCUT2D eigenvalue weighted by Gasteiger charge is -2.18. The van der Waals surface area contributed by atoms with Crippen LogP contribution < -0.4 is 5.73 Å². The first kappa shape index (κ1) is 6.68. The molecule has 0 aromatic rings. The summed E-state index contributed by atoms with van der Waals surface area (Å²) in [6.07, 6.45) is 1.96. The lowest BCUT2D eigenvalue weighted by Crippen LogP contribution is -2.17. The fourth-order valence-corrected chi connectivity index (χ4v) is 1.45. The normalized spacial score (nSPS) is 23.6. The number of rotatable bonds is 0. The molecule has 1 aliphatic heterocycles. The van der Waals surface area contributed by atoms with Crippen LogP contribution in [0.3, 0.4) is 0 Å². The second kappa shape index (κ2) is 2.06. The predicted octanol–water partition coefficient (Wildman–Crippen LogP) is 1.34. The topological polar surface area (TPSA) is 38.4 Å². The third-order valence-electron chi connectivity index (χ3n) is 1.07. The first-order chi connectivity index (χ1) is 4.10. The minimum absolute atomic E-state index is 0.0880. The van der Waals surface area contributed by atoms with Crippen molar-refractivity contribution in [2.24, 2.45) is 10.7 Å². The van der Waals surface area contributed by atoms with Crippen LogP contribution in [-0.4, -0.2) is 11.1 Å². The van der Waals surface area contributed by atoms with Gasteiger partial charge in [0.25, 0.3) is 0 Å². The third-order valence-corrected chi connectivity index (χ3v) is 1.67. The highest BCUT2D eigenvalue weighted by Gasteiger charge is 2.14. The quantitative estimate of drug-likeness (QED) is 0.554. The summed E-state index contributed by atoms with van der Waals surface area (Å²) < 4.78 is 0. The zero-order valence-corrected chi connectivity index (χ0v) is 6.40. The number of hydrogen-bond donors (Lipinski definition) is 1. The van der Waals surface area contributed by atoms with Crippen molar-refractivity contribution in [2.75, 3.05) is 0 Å². The van der Waals surface area contributed by atoms with Crippen LogP contribution in [0.15, 0.2) is 16.1 Å². The van der Waals surface area contributed by atoms with E-state index in [-0.39, 0.29) is 5.54 Å². The molecule has 0 bridgehead atoms. The Morgan fingerprint density at radius 1 is 1.67 bits per heavy atom. The summed E-state index contributed by atoms with van der Waals surface area (Å²) in [5.74, 6) is 0. The van der Waals surface area contributed by atoms with E-state index in [0.29, 0.717) is 0 Å². The fraction of sp³-hybridized carbons (Fsp3) is 0.500. The zero-order chi connectivity index (χ0) is 6.91. The molecule has 50 valence electrons. The van der Waals surface area contributed by atoms with E-state index < -0.39 is 0 Å². The van der Waals surface area contributed by atoms with Crippen molar-refractivity contribution < 1.29 is 0 Å². The lowest BCUT2D eigenvalue weighted by atomic mass is 10.1. The standard InChI is InChI=1S/C6H10N2S/c1-6(2)3-5(7)9-4-8-6/h3-4H,7H2,1-2H3. The SMILES string of the molecule is CC1(C)C=C(N)SC=N1. The number of hydrogen-bond acceptors (Lipinski definition) is 3. The summed E-state index contributed by atoms with van der Waals surface area (Å²) in [7, 11) is 0. The van der Waals surface area contributed by atoms with E-state index in [1.54, 1.807) is 5.55 Å². The average molecular weight is 142 g/mol. The maximum absolute atomic E-state index is 5.54. The molecule has 0 saturated carbocycles. The van der Waals surface area contributed by atoms with Gasteiger partial charge in [0.15, 0.2) is 0 Å². The Hall–Kier alpha value is -0.440. The highest BCUT2D eigenvalue weighted by molar-refractivity contribution is 8.15. The Labute approximate surface area is 59.2 Å². The Bertz CT molecular complexity index is 170. The fourth-order valence-electron chi connectivity index (χ4n) is 0.642. The highest BCUT2D eigenvalue weighted by Crippen LogP contribution is 2.21. The van der Waals surface area contributed by atoms with Gasteiger partial charge in [-0.15, -0.1) is 0 Å². The van der Waals surface area contributed by atoms with Crippen LogP contribution in [0.25, 0.3) is 0 Å². The van der Waals surface area contributed by atoms with Crippen LogP contribution in [0, 0.1) is 0 Å². The molecule has 0 saturated heterocycles. The van der Waals surface area contributed by atoms with Crippen molar-refractivity contribution in [3.05, 3.63) is 11.1 Å². The second-order valence-corrected chi connectivity index (χ2v) is 3.47. The number of thioether (sulfide) groups is 1. The molecule has 1 heterocycles. The second-order valence-electron chi connectivity index (χ2n) is 2.55. The molecule has 0 fully saturated rings. The largest absolute Gasteiger partial charge is 0.393 e. The molecule has 0 radical (unpaired) electrons. The highest BCUT2D eigenvalue weighted by atomic mass is 32.2. The number of nitrogens with two attached hydrogens (primary N) is 1. The van der Waals surface area contributed by atoms with Gasteiger partial charge >= 0.3 is 0 Å². The molecule has 0 atom stereocenters. The van der Waals surface area contributed by atoms with Gasteiger partial charge in [0.05, 0.1) is 16.1 Å². The molecular weight excluding hydrogens is 132 g/mol. The zero-order valence-electron chi connectivity index (χ0n) is 5.59. The van der Waals surface area contributed by atoms with Crippen molar-refractivity contribution in [1.82, 2.24) is 0 Å². The molecule has 2 nitrogen and oxygen atoms in total. The Morgan fingerprint density at radius 2 is 2.33 bits per heavy atom. The first-order valence-corrected chi connectivity index (χ1v) is 3.67. The van der Waals surface area contributed by atoms with Crippen molar-refractivity contribution in [3.63, 3.8) is 0 Å². The van der Waals surface area contributed by atoms with Crippen LogP contribution in [0.1, 0.15) is 13.8 Å². The molecule has 0 spiro atoms.